The molecule has 0 aliphatic carbocycles. The van der Waals surface area contributed by atoms with E-state index in [0.717, 1.165) is 13.0 Å². The fourth-order valence-corrected chi connectivity index (χ4v) is 1.95. The normalized spacial score (nSPS) is 13.5. The lowest BCUT2D eigenvalue weighted by Crippen LogP contribution is -2.07. The molecule has 0 spiro atoms. The van der Waals surface area contributed by atoms with E-state index in [2.05, 4.69) is 5.16 Å². The first-order valence-corrected chi connectivity index (χ1v) is 5.88. The molecule has 0 atom stereocenters. The number of ether oxygens (including phenoxy) is 2. The number of alkyl halides is 2. The van der Waals surface area contributed by atoms with Gasteiger partial charge in [-0.3, -0.25) is 0 Å². The summed E-state index contributed by atoms with van der Waals surface area (Å²) in [6.07, 6.45) is 0. The lowest BCUT2D eigenvalue weighted by Gasteiger charge is -2.13. The van der Waals surface area contributed by atoms with Crippen LogP contribution in [-0.2, 0) is 5.92 Å². The molecule has 110 valence electrons. The van der Waals surface area contributed by atoms with Gasteiger partial charge in [-0.2, -0.15) is 0 Å². The van der Waals surface area contributed by atoms with Gasteiger partial charge in [-0.15, -0.1) is 0 Å². The van der Waals surface area contributed by atoms with Crippen LogP contribution in [0.25, 0.3) is 11.3 Å². The Labute approximate surface area is 116 Å². The summed E-state index contributed by atoms with van der Waals surface area (Å²) < 4.78 is 42.3. The van der Waals surface area contributed by atoms with E-state index in [9.17, 15) is 13.6 Å². The van der Waals surface area contributed by atoms with Crippen LogP contribution in [0.2, 0.25) is 0 Å². The van der Waals surface area contributed by atoms with Crippen molar-refractivity contribution in [2.45, 2.75) is 12.8 Å². The predicted octanol–water partition coefficient (Wildman–Crippen LogP) is 2.88. The Morgan fingerprint density at radius 1 is 1.33 bits per heavy atom. The number of benzene rings is 1. The van der Waals surface area contributed by atoms with Crippen molar-refractivity contribution in [2.24, 2.45) is 0 Å². The zero-order chi connectivity index (χ0) is 15.2. The molecular formula is C13H9F2NO5. The number of halogens is 2. The van der Waals surface area contributed by atoms with Crippen LogP contribution in [0.15, 0.2) is 22.7 Å². The van der Waals surface area contributed by atoms with Crippen LogP contribution in [0.5, 0.6) is 11.5 Å². The molecule has 0 fully saturated rings. The van der Waals surface area contributed by atoms with Crippen molar-refractivity contribution in [1.82, 2.24) is 5.16 Å². The summed E-state index contributed by atoms with van der Waals surface area (Å²) in [5.74, 6) is -3.99. The highest BCUT2D eigenvalue weighted by atomic mass is 19.3. The molecule has 1 N–H and O–H groups in total. The molecule has 2 heterocycles. The minimum atomic E-state index is -3.09. The van der Waals surface area contributed by atoms with Crippen LogP contribution >= 0.6 is 0 Å². The Bertz CT molecular complexity index is 720. The molecular weight excluding hydrogens is 288 g/mol. The van der Waals surface area contributed by atoms with Crippen LogP contribution in [0.1, 0.15) is 23.0 Å². The number of fused-ring (bicyclic) bond motifs is 1. The summed E-state index contributed by atoms with van der Waals surface area (Å²) in [6, 6.07) is 3.48. The van der Waals surface area contributed by atoms with Crippen LogP contribution < -0.4 is 9.47 Å². The van der Waals surface area contributed by atoms with Gasteiger partial charge in [0.1, 0.15) is 0 Å². The molecule has 0 radical (unpaired) electrons. The minimum absolute atomic E-state index is 0.0141. The lowest BCUT2D eigenvalue weighted by molar-refractivity contribution is 0.0173. The molecule has 8 heteroatoms. The van der Waals surface area contributed by atoms with Crippen molar-refractivity contribution in [3.8, 4) is 22.8 Å². The van der Waals surface area contributed by atoms with Crippen molar-refractivity contribution < 1.29 is 32.7 Å². The molecule has 1 aliphatic rings. The number of hydrogen-bond donors (Lipinski definition) is 1. The quantitative estimate of drug-likeness (QED) is 0.938. The Balaban J connectivity index is 2.16. The predicted molar refractivity (Wildman–Crippen MR) is 64.6 cm³/mol. The molecule has 1 aromatic heterocycles. The van der Waals surface area contributed by atoms with Gasteiger partial charge in [0.05, 0.1) is 5.56 Å². The van der Waals surface area contributed by atoms with E-state index in [-0.39, 0.29) is 40.9 Å². The summed E-state index contributed by atoms with van der Waals surface area (Å²) in [5.41, 5.74) is -0.456. The first-order chi connectivity index (χ1) is 9.86. The minimum Gasteiger partial charge on any atom is -0.476 e. The van der Waals surface area contributed by atoms with E-state index in [0.29, 0.717) is 0 Å². The number of nitrogens with zero attached hydrogens (tertiary/aromatic N) is 1. The number of carboxylic acids is 1. The van der Waals surface area contributed by atoms with E-state index in [1.165, 1.54) is 12.1 Å². The van der Waals surface area contributed by atoms with Crippen LogP contribution in [0, 0.1) is 0 Å². The van der Waals surface area contributed by atoms with Gasteiger partial charge in [-0.1, -0.05) is 5.16 Å². The van der Waals surface area contributed by atoms with Gasteiger partial charge < -0.3 is 19.1 Å². The number of hydrogen-bond acceptors (Lipinski definition) is 5. The molecule has 0 unspecified atom stereocenters. The smallest absolute Gasteiger partial charge is 0.358 e. The average molecular weight is 297 g/mol. The summed E-state index contributed by atoms with van der Waals surface area (Å²) in [6.45, 7) is 0.637. The molecule has 3 rings (SSSR count). The highest BCUT2D eigenvalue weighted by Gasteiger charge is 2.31. The van der Waals surface area contributed by atoms with Crippen LogP contribution in [-0.4, -0.2) is 23.0 Å². The van der Waals surface area contributed by atoms with E-state index in [1.807, 2.05) is 0 Å². The maximum absolute atomic E-state index is 13.5. The second-order valence-electron chi connectivity index (χ2n) is 4.53. The Morgan fingerprint density at radius 2 is 2.10 bits per heavy atom. The molecule has 0 amide bonds. The van der Waals surface area contributed by atoms with Gasteiger partial charge in [0, 0.05) is 18.6 Å². The summed E-state index contributed by atoms with van der Waals surface area (Å²) in [7, 11) is 0. The van der Waals surface area contributed by atoms with Gasteiger partial charge >= 0.3 is 5.97 Å². The summed E-state index contributed by atoms with van der Waals surface area (Å²) >= 11 is 0. The standard InChI is InChI=1S/C13H9F2NO5/c1-13(14,15)6-2-7(11-10(3-6)19-5-20-11)9-4-8(12(17)18)16-21-9/h2-4H,5H2,1H3,(H,17,18). The number of aromatic nitrogens is 1. The maximum Gasteiger partial charge on any atom is 0.358 e. The third-order valence-electron chi connectivity index (χ3n) is 2.97. The van der Waals surface area contributed by atoms with E-state index in [4.69, 9.17) is 19.1 Å². The van der Waals surface area contributed by atoms with Crippen LogP contribution in [0.4, 0.5) is 8.78 Å². The average Bonchev–Trinajstić information content (AvgIpc) is 3.05. The molecule has 21 heavy (non-hydrogen) atoms. The number of carboxylic acid groups (broad SMARTS) is 1. The van der Waals surface area contributed by atoms with Crippen molar-refractivity contribution in [3.63, 3.8) is 0 Å². The molecule has 0 saturated carbocycles. The SMILES string of the molecule is CC(F)(F)c1cc2c(c(-c3cc(C(=O)O)no3)c1)OCO2. The Morgan fingerprint density at radius 3 is 2.71 bits per heavy atom. The monoisotopic (exact) mass is 297 g/mol. The second-order valence-corrected chi connectivity index (χ2v) is 4.53. The first kappa shape index (κ1) is 13.3. The van der Waals surface area contributed by atoms with Crippen molar-refractivity contribution >= 4 is 5.97 Å². The topological polar surface area (TPSA) is 81.8 Å². The van der Waals surface area contributed by atoms with Gasteiger partial charge in [0.15, 0.2) is 23.0 Å². The molecule has 2 aromatic rings. The Kier molecular flexibility index (Phi) is 2.82. The molecule has 0 saturated heterocycles. The largest absolute Gasteiger partial charge is 0.476 e. The summed E-state index contributed by atoms with van der Waals surface area (Å²) in [5, 5.41) is 12.2. The molecule has 1 aliphatic heterocycles. The second kappa shape index (κ2) is 4.44. The highest BCUT2D eigenvalue weighted by Crippen LogP contribution is 2.45. The zero-order valence-corrected chi connectivity index (χ0v) is 10.7. The highest BCUT2D eigenvalue weighted by molar-refractivity contribution is 5.87. The number of aromatic carboxylic acids is 1. The van der Waals surface area contributed by atoms with E-state index >= 15 is 0 Å². The molecule has 6 nitrogen and oxygen atoms in total. The Hall–Kier alpha value is -2.64. The van der Waals surface area contributed by atoms with Crippen molar-refractivity contribution in [2.75, 3.05) is 6.79 Å². The van der Waals surface area contributed by atoms with Gasteiger partial charge in [0.25, 0.3) is 5.92 Å². The fraction of sp³-hybridized carbons (Fsp3) is 0.231. The third-order valence-corrected chi connectivity index (χ3v) is 2.97. The van der Waals surface area contributed by atoms with Gasteiger partial charge in [-0.05, 0) is 12.1 Å². The zero-order valence-electron chi connectivity index (χ0n) is 10.7. The first-order valence-electron chi connectivity index (χ1n) is 5.88. The van der Waals surface area contributed by atoms with E-state index < -0.39 is 11.9 Å². The van der Waals surface area contributed by atoms with Gasteiger partial charge in [-0.25, -0.2) is 13.6 Å². The van der Waals surface area contributed by atoms with Crippen LogP contribution in [0.3, 0.4) is 0 Å². The number of carbonyl (C=O) groups is 1. The summed E-state index contributed by atoms with van der Waals surface area (Å²) in [4.78, 5) is 10.8. The fourth-order valence-electron chi connectivity index (χ4n) is 1.95. The van der Waals surface area contributed by atoms with Crippen molar-refractivity contribution in [1.29, 1.82) is 0 Å². The third kappa shape index (κ3) is 2.28. The lowest BCUT2D eigenvalue weighted by atomic mass is 10.0. The maximum atomic E-state index is 13.5. The van der Waals surface area contributed by atoms with Gasteiger partial charge in [0.2, 0.25) is 6.79 Å². The van der Waals surface area contributed by atoms with E-state index in [1.54, 1.807) is 0 Å². The van der Waals surface area contributed by atoms with Crippen molar-refractivity contribution in [3.05, 3.63) is 29.5 Å². The molecule has 0 bridgehead atoms. The number of rotatable bonds is 3. The molecule has 1 aromatic carbocycles.